The maximum atomic E-state index is 11.9. The van der Waals surface area contributed by atoms with Crippen molar-refractivity contribution in [2.24, 2.45) is 5.92 Å². The molecular formula is C10H14BrN3O2. The summed E-state index contributed by atoms with van der Waals surface area (Å²) >= 11 is 3.25. The Labute approximate surface area is 102 Å². The standard InChI is InChI=1S/C10H14BrN3O2/c11-9-8(12-3-4-15)5-13-14(10(9)16)6-7-1-2-7/h5,7,12,15H,1-4,6H2. The van der Waals surface area contributed by atoms with Crippen LogP contribution in [0.2, 0.25) is 0 Å². The maximum absolute atomic E-state index is 11.9. The van der Waals surface area contributed by atoms with Gasteiger partial charge in [-0.1, -0.05) is 0 Å². The van der Waals surface area contributed by atoms with Crippen LogP contribution in [0.5, 0.6) is 0 Å². The van der Waals surface area contributed by atoms with Gasteiger partial charge < -0.3 is 10.4 Å². The van der Waals surface area contributed by atoms with Gasteiger partial charge in [-0.25, -0.2) is 4.68 Å². The van der Waals surface area contributed by atoms with E-state index in [1.807, 2.05) is 0 Å². The quantitative estimate of drug-likeness (QED) is 0.842. The van der Waals surface area contributed by atoms with E-state index in [1.165, 1.54) is 17.5 Å². The molecule has 1 aromatic heterocycles. The zero-order valence-electron chi connectivity index (χ0n) is 8.82. The average Bonchev–Trinajstić information content (AvgIpc) is 3.08. The van der Waals surface area contributed by atoms with Crippen molar-refractivity contribution >= 4 is 21.6 Å². The number of aliphatic hydroxyl groups is 1. The molecule has 1 aromatic rings. The Bertz CT molecular complexity index is 429. The van der Waals surface area contributed by atoms with E-state index in [4.69, 9.17) is 5.11 Å². The molecule has 0 atom stereocenters. The smallest absolute Gasteiger partial charge is 0.283 e. The molecule has 0 radical (unpaired) electrons. The second kappa shape index (κ2) is 4.97. The van der Waals surface area contributed by atoms with Gasteiger partial charge in [-0.3, -0.25) is 4.79 Å². The summed E-state index contributed by atoms with van der Waals surface area (Å²) in [6, 6.07) is 0. The summed E-state index contributed by atoms with van der Waals surface area (Å²) in [4.78, 5) is 11.9. The number of nitrogens with zero attached hydrogens (tertiary/aromatic N) is 2. The highest BCUT2D eigenvalue weighted by Gasteiger charge is 2.23. The van der Waals surface area contributed by atoms with Gasteiger partial charge in [0.25, 0.3) is 5.56 Å². The molecule has 0 aromatic carbocycles. The van der Waals surface area contributed by atoms with Crippen LogP contribution in [-0.4, -0.2) is 28.0 Å². The fourth-order valence-electron chi connectivity index (χ4n) is 1.45. The number of aromatic nitrogens is 2. The van der Waals surface area contributed by atoms with Gasteiger partial charge in [-0.15, -0.1) is 0 Å². The van der Waals surface area contributed by atoms with E-state index in [2.05, 4.69) is 26.3 Å². The molecule has 1 aliphatic carbocycles. The summed E-state index contributed by atoms with van der Waals surface area (Å²) in [6.45, 7) is 1.14. The van der Waals surface area contributed by atoms with Crippen LogP contribution >= 0.6 is 15.9 Å². The van der Waals surface area contributed by atoms with Crippen LogP contribution in [0.3, 0.4) is 0 Å². The highest BCUT2D eigenvalue weighted by Crippen LogP contribution is 2.30. The molecule has 0 amide bonds. The van der Waals surface area contributed by atoms with Crippen molar-refractivity contribution in [3.63, 3.8) is 0 Å². The minimum absolute atomic E-state index is 0.0254. The lowest BCUT2D eigenvalue weighted by atomic mass is 10.4. The molecule has 88 valence electrons. The van der Waals surface area contributed by atoms with Crippen molar-refractivity contribution in [3.05, 3.63) is 21.0 Å². The third-order valence-electron chi connectivity index (χ3n) is 2.54. The second-order valence-corrected chi connectivity index (χ2v) is 4.75. The van der Waals surface area contributed by atoms with Crippen molar-refractivity contribution in [3.8, 4) is 0 Å². The summed E-state index contributed by atoms with van der Waals surface area (Å²) < 4.78 is 1.97. The van der Waals surface area contributed by atoms with Crippen LogP contribution in [0.25, 0.3) is 0 Å². The number of halogens is 1. The van der Waals surface area contributed by atoms with Crippen LogP contribution in [0, 0.1) is 5.92 Å². The predicted octanol–water partition coefficient (Wildman–Crippen LogP) is 0.820. The largest absolute Gasteiger partial charge is 0.395 e. The van der Waals surface area contributed by atoms with Gasteiger partial charge >= 0.3 is 0 Å². The van der Waals surface area contributed by atoms with Gasteiger partial charge in [-0.05, 0) is 34.7 Å². The number of anilines is 1. The molecule has 0 saturated heterocycles. The molecule has 1 fully saturated rings. The molecule has 2 N–H and O–H groups in total. The molecule has 1 heterocycles. The molecule has 1 aliphatic rings. The first kappa shape index (κ1) is 11.6. The van der Waals surface area contributed by atoms with Crippen LogP contribution in [0.15, 0.2) is 15.5 Å². The Morgan fingerprint density at radius 2 is 2.38 bits per heavy atom. The fourth-order valence-corrected chi connectivity index (χ4v) is 1.90. The summed E-state index contributed by atoms with van der Waals surface area (Å²) in [7, 11) is 0. The van der Waals surface area contributed by atoms with Gasteiger partial charge in [0.05, 0.1) is 18.5 Å². The Kier molecular flexibility index (Phi) is 3.60. The average molecular weight is 288 g/mol. The molecule has 0 bridgehead atoms. The first-order chi connectivity index (χ1) is 7.72. The van der Waals surface area contributed by atoms with E-state index in [-0.39, 0.29) is 12.2 Å². The third-order valence-corrected chi connectivity index (χ3v) is 3.31. The molecule has 0 unspecified atom stereocenters. The van der Waals surface area contributed by atoms with Crippen molar-refractivity contribution in [1.82, 2.24) is 9.78 Å². The number of nitrogens with one attached hydrogen (secondary N) is 1. The van der Waals surface area contributed by atoms with Crippen molar-refractivity contribution < 1.29 is 5.11 Å². The Balaban J connectivity index is 2.17. The zero-order chi connectivity index (χ0) is 11.5. The van der Waals surface area contributed by atoms with Crippen LogP contribution < -0.4 is 10.9 Å². The van der Waals surface area contributed by atoms with E-state index in [9.17, 15) is 4.79 Å². The van der Waals surface area contributed by atoms with Gasteiger partial charge in [-0.2, -0.15) is 5.10 Å². The van der Waals surface area contributed by atoms with Crippen LogP contribution in [0.4, 0.5) is 5.69 Å². The molecule has 0 aliphatic heterocycles. The normalized spacial score (nSPS) is 15.1. The van der Waals surface area contributed by atoms with Crippen molar-refractivity contribution in [2.45, 2.75) is 19.4 Å². The van der Waals surface area contributed by atoms with Crippen molar-refractivity contribution in [2.75, 3.05) is 18.5 Å². The van der Waals surface area contributed by atoms with Crippen LogP contribution in [-0.2, 0) is 6.54 Å². The minimum atomic E-state index is -0.116. The lowest BCUT2D eigenvalue weighted by Gasteiger charge is -2.09. The number of rotatable bonds is 5. The molecule has 16 heavy (non-hydrogen) atoms. The van der Waals surface area contributed by atoms with Crippen molar-refractivity contribution in [1.29, 1.82) is 0 Å². The first-order valence-electron chi connectivity index (χ1n) is 5.32. The maximum Gasteiger partial charge on any atom is 0.283 e. The van der Waals surface area contributed by atoms with E-state index in [1.54, 1.807) is 6.20 Å². The van der Waals surface area contributed by atoms with E-state index in [0.717, 1.165) is 0 Å². The molecular weight excluding hydrogens is 274 g/mol. The third kappa shape index (κ3) is 2.62. The number of aliphatic hydroxyl groups excluding tert-OH is 1. The summed E-state index contributed by atoms with van der Waals surface area (Å²) in [6.07, 6.45) is 4.00. The SMILES string of the molecule is O=c1c(Br)c(NCCO)cnn1CC1CC1. The second-order valence-electron chi connectivity index (χ2n) is 3.95. The van der Waals surface area contributed by atoms with Gasteiger partial charge in [0, 0.05) is 13.1 Å². The zero-order valence-corrected chi connectivity index (χ0v) is 10.4. The van der Waals surface area contributed by atoms with Gasteiger partial charge in [0.2, 0.25) is 0 Å². The summed E-state index contributed by atoms with van der Waals surface area (Å²) in [5.74, 6) is 0.619. The van der Waals surface area contributed by atoms with Crippen LogP contribution in [0.1, 0.15) is 12.8 Å². The highest BCUT2D eigenvalue weighted by atomic mass is 79.9. The molecule has 0 spiro atoms. The Hall–Kier alpha value is -0.880. The minimum Gasteiger partial charge on any atom is -0.395 e. The van der Waals surface area contributed by atoms with E-state index < -0.39 is 0 Å². The predicted molar refractivity (Wildman–Crippen MR) is 64.5 cm³/mol. The number of hydrogen-bond acceptors (Lipinski definition) is 4. The molecule has 5 nitrogen and oxygen atoms in total. The van der Waals surface area contributed by atoms with E-state index in [0.29, 0.717) is 29.2 Å². The Morgan fingerprint density at radius 3 is 3.00 bits per heavy atom. The first-order valence-corrected chi connectivity index (χ1v) is 6.12. The topological polar surface area (TPSA) is 67.2 Å². The highest BCUT2D eigenvalue weighted by molar-refractivity contribution is 9.10. The van der Waals surface area contributed by atoms with E-state index >= 15 is 0 Å². The summed E-state index contributed by atoms with van der Waals surface area (Å²) in [5, 5.41) is 15.7. The lowest BCUT2D eigenvalue weighted by Crippen LogP contribution is -2.25. The lowest BCUT2D eigenvalue weighted by molar-refractivity contribution is 0.311. The van der Waals surface area contributed by atoms with Gasteiger partial charge in [0.15, 0.2) is 0 Å². The summed E-state index contributed by atoms with van der Waals surface area (Å²) in [5.41, 5.74) is 0.515. The monoisotopic (exact) mass is 287 g/mol. The molecule has 6 heteroatoms. The Morgan fingerprint density at radius 1 is 1.62 bits per heavy atom. The molecule has 2 rings (SSSR count). The fraction of sp³-hybridized carbons (Fsp3) is 0.600. The molecule has 1 saturated carbocycles. The van der Waals surface area contributed by atoms with Gasteiger partial charge in [0.1, 0.15) is 4.47 Å². The number of hydrogen-bond donors (Lipinski definition) is 2.